The zero-order valence-electron chi connectivity index (χ0n) is 10.3. The van der Waals surface area contributed by atoms with Gasteiger partial charge in [0.25, 0.3) is 0 Å². The Kier molecular flexibility index (Phi) is 2.32. The van der Waals surface area contributed by atoms with Crippen molar-refractivity contribution in [1.82, 2.24) is 5.32 Å². The molecule has 1 fully saturated rings. The van der Waals surface area contributed by atoms with Crippen molar-refractivity contribution in [1.29, 1.82) is 0 Å². The zero-order valence-corrected chi connectivity index (χ0v) is 10.3. The van der Waals surface area contributed by atoms with Gasteiger partial charge in [-0.3, -0.25) is 0 Å². The van der Waals surface area contributed by atoms with E-state index in [0.29, 0.717) is 0 Å². The molecule has 0 amide bonds. The smallest absolute Gasteiger partial charge is 0.0492 e. The minimum absolute atomic E-state index is 0.273. The van der Waals surface area contributed by atoms with E-state index in [1.54, 1.807) is 11.1 Å². The van der Waals surface area contributed by atoms with E-state index in [0.717, 1.165) is 11.8 Å². The summed E-state index contributed by atoms with van der Waals surface area (Å²) in [7, 11) is 2.15. The Morgan fingerprint density at radius 3 is 2.88 bits per heavy atom. The molecule has 0 heterocycles. The SMILES string of the molecule is CN[C@@]12c3ccccc3C[C@@H]1CCC[C@H]2C. The van der Waals surface area contributed by atoms with Crippen molar-refractivity contribution in [3.63, 3.8) is 0 Å². The molecule has 3 rings (SSSR count). The summed E-state index contributed by atoms with van der Waals surface area (Å²) in [6.45, 7) is 2.42. The zero-order chi connectivity index (χ0) is 11.2. The second kappa shape index (κ2) is 3.59. The molecule has 0 radical (unpaired) electrons. The molecule has 1 aromatic carbocycles. The molecule has 16 heavy (non-hydrogen) atoms. The summed E-state index contributed by atoms with van der Waals surface area (Å²) in [5, 5.41) is 3.69. The van der Waals surface area contributed by atoms with Gasteiger partial charge < -0.3 is 5.32 Å². The summed E-state index contributed by atoms with van der Waals surface area (Å²) in [5.41, 5.74) is 3.43. The molecule has 0 aliphatic heterocycles. The normalized spacial score (nSPS) is 36.9. The molecule has 0 unspecified atom stereocenters. The van der Waals surface area contributed by atoms with Crippen LogP contribution in [0.3, 0.4) is 0 Å². The second-order valence-electron chi connectivity index (χ2n) is 5.51. The fourth-order valence-electron chi connectivity index (χ4n) is 4.23. The average molecular weight is 215 g/mol. The summed E-state index contributed by atoms with van der Waals surface area (Å²) < 4.78 is 0. The third kappa shape index (κ3) is 1.15. The Bertz CT molecular complexity index is 398. The molecule has 2 aliphatic rings. The number of fused-ring (bicyclic) bond motifs is 3. The van der Waals surface area contributed by atoms with Crippen LogP contribution in [0, 0.1) is 11.8 Å². The van der Waals surface area contributed by atoms with Crippen LogP contribution in [0.4, 0.5) is 0 Å². The van der Waals surface area contributed by atoms with Gasteiger partial charge in [0.2, 0.25) is 0 Å². The molecule has 1 heteroatoms. The molecular weight excluding hydrogens is 194 g/mol. The van der Waals surface area contributed by atoms with Crippen molar-refractivity contribution in [3.8, 4) is 0 Å². The second-order valence-corrected chi connectivity index (χ2v) is 5.51. The van der Waals surface area contributed by atoms with Crippen molar-refractivity contribution in [2.45, 2.75) is 38.1 Å². The third-order valence-corrected chi connectivity index (χ3v) is 4.95. The first-order chi connectivity index (χ1) is 7.79. The highest BCUT2D eigenvalue weighted by molar-refractivity contribution is 5.41. The van der Waals surface area contributed by atoms with Crippen LogP contribution < -0.4 is 5.32 Å². The van der Waals surface area contributed by atoms with E-state index in [4.69, 9.17) is 0 Å². The molecule has 0 spiro atoms. The molecular formula is C15H21N. The molecule has 86 valence electrons. The van der Waals surface area contributed by atoms with Crippen LogP contribution in [0.1, 0.15) is 37.3 Å². The Morgan fingerprint density at radius 2 is 2.06 bits per heavy atom. The van der Waals surface area contributed by atoms with Gasteiger partial charge in [0.05, 0.1) is 0 Å². The molecule has 1 nitrogen and oxygen atoms in total. The van der Waals surface area contributed by atoms with Gasteiger partial charge in [-0.2, -0.15) is 0 Å². The molecule has 1 aromatic rings. The Morgan fingerprint density at radius 1 is 1.25 bits per heavy atom. The van der Waals surface area contributed by atoms with Gasteiger partial charge >= 0.3 is 0 Å². The standard InChI is InChI=1S/C15H21N/c1-11-6-5-8-13-10-12-7-3-4-9-14(12)15(11,13)16-2/h3-4,7,9,11,13,16H,5-6,8,10H2,1-2H3/t11-,13+,15-/m1/s1. The van der Waals surface area contributed by atoms with E-state index in [9.17, 15) is 0 Å². The lowest BCUT2D eigenvalue weighted by molar-refractivity contribution is 0.103. The van der Waals surface area contributed by atoms with E-state index < -0.39 is 0 Å². The van der Waals surface area contributed by atoms with Crippen LogP contribution in [-0.4, -0.2) is 7.05 Å². The Hall–Kier alpha value is -0.820. The minimum atomic E-state index is 0.273. The van der Waals surface area contributed by atoms with Crippen LogP contribution in [0.15, 0.2) is 24.3 Å². The van der Waals surface area contributed by atoms with Crippen molar-refractivity contribution in [2.24, 2.45) is 11.8 Å². The largest absolute Gasteiger partial charge is 0.310 e. The molecule has 1 saturated carbocycles. The predicted octanol–water partition coefficient (Wildman–Crippen LogP) is 3.09. The fourth-order valence-corrected chi connectivity index (χ4v) is 4.23. The van der Waals surface area contributed by atoms with E-state index in [1.165, 1.54) is 25.7 Å². The third-order valence-electron chi connectivity index (χ3n) is 4.95. The Labute approximate surface area is 98.3 Å². The van der Waals surface area contributed by atoms with Gasteiger partial charge in [0.1, 0.15) is 0 Å². The van der Waals surface area contributed by atoms with Gasteiger partial charge in [0.15, 0.2) is 0 Å². The van der Waals surface area contributed by atoms with Gasteiger partial charge in [-0.05, 0) is 49.3 Å². The summed E-state index contributed by atoms with van der Waals surface area (Å²) in [4.78, 5) is 0. The number of nitrogens with one attached hydrogen (secondary N) is 1. The van der Waals surface area contributed by atoms with Crippen LogP contribution >= 0.6 is 0 Å². The lowest BCUT2D eigenvalue weighted by Gasteiger charge is -2.45. The number of rotatable bonds is 1. The van der Waals surface area contributed by atoms with Crippen molar-refractivity contribution in [3.05, 3.63) is 35.4 Å². The van der Waals surface area contributed by atoms with E-state index in [2.05, 4.69) is 43.6 Å². The van der Waals surface area contributed by atoms with Gasteiger partial charge in [0, 0.05) is 5.54 Å². The minimum Gasteiger partial charge on any atom is -0.310 e. The highest BCUT2D eigenvalue weighted by Crippen LogP contribution is 2.52. The van der Waals surface area contributed by atoms with E-state index >= 15 is 0 Å². The maximum Gasteiger partial charge on any atom is 0.0492 e. The van der Waals surface area contributed by atoms with Gasteiger partial charge in [-0.1, -0.05) is 37.6 Å². The van der Waals surface area contributed by atoms with Crippen LogP contribution in [0.5, 0.6) is 0 Å². The van der Waals surface area contributed by atoms with Crippen molar-refractivity contribution in [2.75, 3.05) is 7.05 Å². The maximum atomic E-state index is 3.69. The summed E-state index contributed by atoms with van der Waals surface area (Å²) >= 11 is 0. The van der Waals surface area contributed by atoms with Gasteiger partial charge in [-0.15, -0.1) is 0 Å². The summed E-state index contributed by atoms with van der Waals surface area (Å²) in [6.07, 6.45) is 5.44. The number of benzene rings is 1. The summed E-state index contributed by atoms with van der Waals surface area (Å²) in [6, 6.07) is 9.04. The molecule has 0 aromatic heterocycles. The number of hydrogen-bond donors (Lipinski definition) is 1. The van der Waals surface area contributed by atoms with E-state index in [1.807, 2.05) is 0 Å². The summed E-state index contributed by atoms with van der Waals surface area (Å²) in [5.74, 6) is 1.58. The molecule has 3 atom stereocenters. The lowest BCUT2D eigenvalue weighted by Crippen LogP contribution is -2.51. The highest BCUT2D eigenvalue weighted by atomic mass is 15.0. The molecule has 1 N–H and O–H groups in total. The predicted molar refractivity (Wildman–Crippen MR) is 67.4 cm³/mol. The average Bonchev–Trinajstić information content (AvgIpc) is 2.65. The first-order valence-corrected chi connectivity index (χ1v) is 6.56. The molecule has 0 bridgehead atoms. The van der Waals surface area contributed by atoms with Gasteiger partial charge in [-0.25, -0.2) is 0 Å². The highest BCUT2D eigenvalue weighted by Gasteiger charge is 2.50. The molecule has 2 aliphatic carbocycles. The Balaban J connectivity index is 2.15. The van der Waals surface area contributed by atoms with Crippen LogP contribution in [0.25, 0.3) is 0 Å². The first kappa shape index (κ1) is 10.3. The van der Waals surface area contributed by atoms with Crippen LogP contribution in [-0.2, 0) is 12.0 Å². The topological polar surface area (TPSA) is 12.0 Å². The number of hydrogen-bond acceptors (Lipinski definition) is 1. The van der Waals surface area contributed by atoms with Crippen molar-refractivity contribution < 1.29 is 0 Å². The monoisotopic (exact) mass is 215 g/mol. The maximum absolute atomic E-state index is 3.69. The molecule has 0 saturated heterocycles. The van der Waals surface area contributed by atoms with Crippen LogP contribution in [0.2, 0.25) is 0 Å². The van der Waals surface area contributed by atoms with Crippen molar-refractivity contribution >= 4 is 0 Å². The first-order valence-electron chi connectivity index (χ1n) is 6.56. The quantitative estimate of drug-likeness (QED) is 0.759. The van der Waals surface area contributed by atoms with E-state index in [-0.39, 0.29) is 5.54 Å². The fraction of sp³-hybridized carbons (Fsp3) is 0.600. The lowest BCUT2D eigenvalue weighted by atomic mass is 9.66.